The number of aryl methyl sites for hydroxylation is 1. The van der Waals surface area contributed by atoms with Gasteiger partial charge in [-0.1, -0.05) is 18.2 Å². The lowest BCUT2D eigenvalue weighted by Gasteiger charge is -2.43. The van der Waals surface area contributed by atoms with Crippen molar-refractivity contribution in [2.75, 3.05) is 0 Å². The van der Waals surface area contributed by atoms with E-state index in [4.69, 9.17) is 0 Å². The van der Waals surface area contributed by atoms with Crippen LogP contribution >= 0.6 is 0 Å². The Morgan fingerprint density at radius 3 is 2.02 bits per heavy atom. The van der Waals surface area contributed by atoms with Gasteiger partial charge in [0, 0.05) is 30.4 Å². The molecule has 2 fully saturated rings. The quantitative estimate of drug-likeness (QED) is 0.296. The molecule has 5 rings (SSSR count). The minimum atomic E-state index is -6.39. The largest absolute Gasteiger partial charge is 0.435 e. The number of benzene rings is 2. The maximum absolute atomic E-state index is 14.9. The lowest BCUT2D eigenvalue weighted by Crippen LogP contribution is -2.53. The zero-order valence-corrected chi connectivity index (χ0v) is 22.2. The van der Waals surface area contributed by atoms with E-state index >= 15 is 0 Å². The van der Waals surface area contributed by atoms with E-state index in [1.54, 1.807) is 0 Å². The van der Waals surface area contributed by atoms with E-state index in [1.807, 2.05) is 0 Å². The van der Waals surface area contributed by atoms with Crippen molar-refractivity contribution < 1.29 is 57.1 Å². The molecule has 0 unspecified atom stereocenters. The van der Waals surface area contributed by atoms with Gasteiger partial charge in [0.25, 0.3) is 5.92 Å². The van der Waals surface area contributed by atoms with Gasteiger partial charge in [0.05, 0.1) is 4.90 Å². The number of fused-ring (bicyclic) bond motifs is 3. The average Bonchev–Trinajstić information content (AvgIpc) is 3.27. The molecule has 0 saturated heterocycles. The van der Waals surface area contributed by atoms with Crippen LogP contribution in [0.15, 0.2) is 47.4 Å². The molecular formula is C27H23F10NO3S. The summed E-state index contributed by atoms with van der Waals surface area (Å²) >= 11 is 0. The van der Waals surface area contributed by atoms with Crippen molar-refractivity contribution in [1.29, 1.82) is 0 Å². The molecule has 3 atom stereocenters. The maximum atomic E-state index is 14.9. The third-order valence-electron chi connectivity index (χ3n) is 8.75. The van der Waals surface area contributed by atoms with Crippen molar-refractivity contribution in [2.24, 2.45) is 11.8 Å². The zero-order chi connectivity index (χ0) is 31.1. The Morgan fingerprint density at radius 1 is 0.881 bits per heavy atom. The van der Waals surface area contributed by atoms with E-state index in [-0.39, 0.29) is 42.9 Å². The van der Waals surface area contributed by atoms with Gasteiger partial charge < -0.3 is 5.32 Å². The normalized spacial score (nSPS) is 26.2. The van der Waals surface area contributed by atoms with Crippen LogP contribution in [0.3, 0.4) is 0 Å². The van der Waals surface area contributed by atoms with Crippen molar-refractivity contribution in [3.63, 3.8) is 0 Å². The fourth-order valence-corrected chi connectivity index (χ4v) is 9.24. The predicted molar refractivity (Wildman–Crippen MR) is 127 cm³/mol. The van der Waals surface area contributed by atoms with Crippen molar-refractivity contribution in [3.05, 3.63) is 65.0 Å². The molecule has 4 nitrogen and oxygen atoms in total. The lowest BCUT2D eigenvalue weighted by molar-refractivity contribution is -0.348. The molecule has 3 aliphatic rings. The summed E-state index contributed by atoms with van der Waals surface area (Å²) in [4.78, 5) is 12.8. The summed E-state index contributed by atoms with van der Waals surface area (Å²) < 4.78 is 162. The standard InChI is InChI=1S/C27H23F10NO3S/c28-16-3-5-18(6-4-16)42(40,41)24-10-9-19(22(39)38-17-12-23(29,30)13-17)21(24)7-1-14-11-15(2-8-20(14)24)25(31,26(32,33)34)27(35,36)37/h2-6,8,11,17,19,21H,1,7,9-10,12-13H2,(H,38,39)/t19-,21+,24-/m1/s1. The highest BCUT2D eigenvalue weighted by molar-refractivity contribution is 7.92. The van der Waals surface area contributed by atoms with Gasteiger partial charge in [0.2, 0.25) is 5.91 Å². The van der Waals surface area contributed by atoms with Crippen LogP contribution < -0.4 is 5.32 Å². The first-order chi connectivity index (χ1) is 19.2. The summed E-state index contributed by atoms with van der Waals surface area (Å²) in [5, 5.41) is 2.49. The summed E-state index contributed by atoms with van der Waals surface area (Å²) in [6.07, 6.45) is -14.9. The number of sulfone groups is 1. The smallest absolute Gasteiger partial charge is 0.353 e. The first-order valence-corrected chi connectivity index (χ1v) is 14.4. The molecule has 2 aromatic rings. The van der Waals surface area contributed by atoms with Crippen LogP contribution in [0.4, 0.5) is 43.9 Å². The number of rotatable bonds is 5. The maximum Gasteiger partial charge on any atom is 0.435 e. The average molecular weight is 632 g/mol. The molecule has 0 radical (unpaired) electrons. The monoisotopic (exact) mass is 631 g/mol. The topological polar surface area (TPSA) is 63.2 Å². The summed E-state index contributed by atoms with van der Waals surface area (Å²) in [5.74, 6) is -6.55. The molecule has 0 heterocycles. The highest BCUT2D eigenvalue weighted by atomic mass is 32.2. The molecule has 230 valence electrons. The van der Waals surface area contributed by atoms with Gasteiger partial charge in [-0.3, -0.25) is 4.79 Å². The highest BCUT2D eigenvalue weighted by Gasteiger charge is 2.74. The number of alkyl halides is 9. The van der Waals surface area contributed by atoms with Gasteiger partial charge in [0.15, 0.2) is 9.84 Å². The fourth-order valence-electron chi connectivity index (χ4n) is 6.76. The Bertz CT molecular complexity index is 1480. The number of carbonyl (C=O) groups excluding carboxylic acids is 1. The Labute approximate surface area is 233 Å². The van der Waals surface area contributed by atoms with E-state index in [0.29, 0.717) is 6.07 Å². The second-order valence-corrected chi connectivity index (χ2v) is 13.3. The Balaban J connectivity index is 1.63. The van der Waals surface area contributed by atoms with Gasteiger partial charge in [-0.25, -0.2) is 26.0 Å². The summed E-state index contributed by atoms with van der Waals surface area (Å²) in [5.41, 5.74) is -7.97. The van der Waals surface area contributed by atoms with Crippen LogP contribution in [-0.2, 0) is 31.5 Å². The molecular weight excluding hydrogens is 608 g/mol. The van der Waals surface area contributed by atoms with Gasteiger partial charge in [-0.15, -0.1) is 0 Å². The molecule has 2 saturated carbocycles. The molecule has 2 aromatic carbocycles. The first-order valence-electron chi connectivity index (χ1n) is 12.9. The first kappa shape index (κ1) is 30.6. The van der Waals surface area contributed by atoms with E-state index in [1.165, 1.54) is 0 Å². The number of amides is 1. The Hall–Kier alpha value is -2.84. The molecule has 0 bridgehead atoms. The number of carbonyl (C=O) groups is 1. The van der Waals surface area contributed by atoms with Crippen LogP contribution in [0.5, 0.6) is 0 Å². The van der Waals surface area contributed by atoms with Crippen molar-refractivity contribution in [1.82, 2.24) is 5.32 Å². The third-order valence-corrected chi connectivity index (χ3v) is 11.3. The van der Waals surface area contributed by atoms with Gasteiger partial charge in [0.1, 0.15) is 10.6 Å². The van der Waals surface area contributed by atoms with Crippen molar-refractivity contribution in [3.8, 4) is 0 Å². The number of halogens is 10. The Kier molecular flexibility index (Phi) is 6.98. The van der Waals surface area contributed by atoms with E-state index in [9.17, 15) is 57.1 Å². The van der Waals surface area contributed by atoms with E-state index < -0.39 is 91.4 Å². The van der Waals surface area contributed by atoms with E-state index in [2.05, 4.69) is 5.32 Å². The number of hydrogen-bond donors (Lipinski definition) is 1. The van der Waals surface area contributed by atoms with Crippen molar-refractivity contribution in [2.45, 2.75) is 78.2 Å². The summed E-state index contributed by atoms with van der Waals surface area (Å²) in [7, 11) is -4.61. The molecule has 1 N–H and O–H groups in total. The zero-order valence-electron chi connectivity index (χ0n) is 21.4. The van der Waals surface area contributed by atoms with E-state index in [0.717, 1.165) is 30.3 Å². The molecule has 3 aliphatic carbocycles. The second kappa shape index (κ2) is 9.58. The molecule has 0 aromatic heterocycles. The molecule has 1 amide bonds. The second-order valence-electron chi connectivity index (χ2n) is 11.1. The predicted octanol–water partition coefficient (Wildman–Crippen LogP) is 6.67. The minimum Gasteiger partial charge on any atom is -0.353 e. The van der Waals surface area contributed by atoms with Crippen LogP contribution in [0.25, 0.3) is 0 Å². The van der Waals surface area contributed by atoms with Crippen molar-refractivity contribution >= 4 is 15.7 Å². The molecule has 0 aliphatic heterocycles. The molecule has 0 spiro atoms. The van der Waals surface area contributed by atoms with Crippen LogP contribution in [0.1, 0.15) is 48.8 Å². The number of hydrogen-bond acceptors (Lipinski definition) is 3. The Morgan fingerprint density at radius 2 is 1.48 bits per heavy atom. The van der Waals surface area contributed by atoms with Crippen LogP contribution in [0.2, 0.25) is 0 Å². The van der Waals surface area contributed by atoms with Gasteiger partial charge in [-0.05, 0) is 67.0 Å². The SMILES string of the molecule is O=C(NC1CC(F)(F)C1)[C@@H]1CC[C@@]2(S(=O)(=O)c3ccc(F)cc3)c3ccc(C(F)(C(F)(F)F)C(F)(F)F)cc3CC[C@@H]12. The van der Waals surface area contributed by atoms with Gasteiger partial charge >= 0.3 is 18.0 Å². The van der Waals surface area contributed by atoms with Crippen LogP contribution in [0, 0.1) is 17.7 Å². The van der Waals surface area contributed by atoms with Gasteiger partial charge in [-0.2, -0.15) is 26.3 Å². The highest BCUT2D eigenvalue weighted by Crippen LogP contribution is 2.60. The van der Waals surface area contributed by atoms with Crippen LogP contribution in [-0.4, -0.2) is 38.6 Å². The fraction of sp³-hybridized carbons (Fsp3) is 0.519. The lowest BCUT2D eigenvalue weighted by atomic mass is 9.72. The number of nitrogens with one attached hydrogen (secondary N) is 1. The molecule has 42 heavy (non-hydrogen) atoms. The summed E-state index contributed by atoms with van der Waals surface area (Å²) in [6.45, 7) is 0. The summed E-state index contributed by atoms with van der Waals surface area (Å²) in [6, 6.07) is 4.07. The third kappa shape index (κ3) is 4.48. The minimum absolute atomic E-state index is 0.0978. The molecule has 15 heteroatoms.